The van der Waals surface area contributed by atoms with Crippen LogP contribution in [0.5, 0.6) is 0 Å². The molecule has 2 nitrogen and oxygen atoms in total. The van der Waals surface area contributed by atoms with Gasteiger partial charge in [-0.3, -0.25) is 0 Å². The Hall–Kier alpha value is -0.0800. The second-order valence-electron chi connectivity index (χ2n) is 4.27. The van der Waals surface area contributed by atoms with E-state index in [1.54, 1.807) is 0 Å². The van der Waals surface area contributed by atoms with Gasteiger partial charge in [0.25, 0.3) is 0 Å². The van der Waals surface area contributed by atoms with Gasteiger partial charge in [0.1, 0.15) is 0 Å². The van der Waals surface area contributed by atoms with Crippen LogP contribution < -0.4 is 5.32 Å². The average molecular weight is 186 g/mol. The Morgan fingerprint density at radius 2 is 1.85 bits per heavy atom. The highest BCUT2D eigenvalue weighted by Gasteiger charge is 2.11. The monoisotopic (exact) mass is 186 g/mol. The van der Waals surface area contributed by atoms with Gasteiger partial charge in [0.2, 0.25) is 0 Å². The standard InChI is InChI=1S/C11H26N2/c1-6-10(3)8-11(12-7-2)9-13(4)5/h10-12H,6-9H2,1-5H3. The van der Waals surface area contributed by atoms with Gasteiger partial charge in [-0.05, 0) is 33.0 Å². The van der Waals surface area contributed by atoms with Crippen molar-refractivity contribution in [3.8, 4) is 0 Å². The summed E-state index contributed by atoms with van der Waals surface area (Å²) in [6, 6.07) is 0.662. The maximum Gasteiger partial charge on any atom is 0.0197 e. The van der Waals surface area contributed by atoms with E-state index in [1.165, 1.54) is 12.8 Å². The summed E-state index contributed by atoms with van der Waals surface area (Å²) in [5.74, 6) is 0.837. The summed E-state index contributed by atoms with van der Waals surface area (Å²) in [5.41, 5.74) is 0. The molecule has 0 aliphatic rings. The van der Waals surface area contributed by atoms with Gasteiger partial charge >= 0.3 is 0 Å². The fraction of sp³-hybridized carbons (Fsp3) is 1.00. The smallest absolute Gasteiger partial charge is 0.0197 e. The van der Waals surface area contributed by atoms with E-state index in [0.29, 0.717) is 6.04 Å². The molecular formula is C11H26N2. The van der Waals surface area contributed by atoms with Crippen LogP contribution in [0.1, 0.15) is 33.6 Å². The molecule has 0 fully saturated rings. The van der Waals surface area contributed by atoms with Crippen LogP contribution in [0.15, 0.2) is 0 Å². The predicted octanol–water partition coefficient (Wildman–Crippen LogP) is 1.96. The SMILES string of the molecule is CCNC(CC(C)CC)CN(C)C. The number of hydrogen-bond acceptors (Lipinski definition) is 2. The first-order chi connectivity index (χ1) is 6.10. The zero-order chi connectivity index (χ0) is 10.3. The Labute approximate surface area is 83.7 Å². The minimum absolute atomic E-state index is 0.662. The molecule has 0 radical (unpaired) electrons. The third kappa shape index (κ3) is 7.03. The second kappa shape index (κ2) is 7.34. The Morgan fingerprint density at radius 3 is 2.23 bits per heavy atom. The largest absolute Gasteiger partial charge is 0.313 e. The lowest BCUT2D eigenvalue weighted by Crippen LogP contribution is -2.39. The number of rotatable bonds is 7. The predicted molar refractivity (Wildman–Crippen MR) is 60.1 cm³/mol. The molecule has 0 spiro atoms. The van der Waals surface area contributed by atoms with E-state index in [4.69, 9.17) is 0 Å². The molecule has 0 aromatic carbocycles. The van der Waals surface area contributed by atoms with Crippen LogP contribution in [0.3, 0.4) is 0 Å². The van der Waals surface area contributed by atoms with Gasteiger partial charge in [-0.1, -0.05) is 27.2 Å². The molecule has 0 aliphatic carbocycles. The summed E-state index contributed by atoms with van der Waals surface area (Å²) in [4.78, 5) is 2.26. The van der Waals surface area contributed by atoms with Gasteiger partial charge in [-0.2, -0.15) is 0 Å². The molecule has 0 aromatic heterocycles. The van der Waals surface area contributed by atoms with E-state index in [1.807, 2.05) is 0 Å². The molecule has 80 valence electrons. The molecule has 0 bridgehead atoms. The van der Waals surface area contributed by atoms with Crippen LogP contribution >= 0.6 is 0 Å². The van der Waals surface area contributed by atoms with Gasteiger partial charge in [0.05, 0.1) is 0 Å². The summed E-state index contributed by atoms with van der Waals surface area (Å²) in [6.45, 7) is 9.01. The van der Waals surface area contributed by atoms with Crippen molar-refractivity contribution in [2.45, 2.75) is 39.7 Å². The Bertz CT molecular complexity index is 113. The molecule has 13 heavy (non-hydrogen) atoms. The maximum atomic E-state index is 3.54. The van der Waals surface area contributed by atoms with Gasteiger partial charge in [0.15, 0.2) is 0 Å². The lowest BCUT2D eigenvalue weighted by atomic mass is 9.99. The van der Waals surface area contributed by atoms with Crippen LogP contribution in [-0.4, -0.2) is 38.1 Å². The molecule has 0 saturated carbocycles. The van der Waals surface area contributed by atoms with Gasteiger partial charge in [-0.15, -0.1) is 0 Å². The first kappa shape index (κ1) is 12.9. The normalized spacial score (nSPS) is 16.2. The van der Waals surface area contributed by atoms with Crippen LogP contribution in [0.4, 0.5) is 0 Å². The number of likely N-dealkylation sites (N-methyl/N-ethyl adjacent to an activating group) is 2. The maximum absolute atomic E-state index is 3.54. The van der Waals surface area contributed by atoms with Crippen molar-refractivity contribution in [2.24, 2.45) is 5.92 Å². The molecule has 2 heteroatoms. The lowest BCUT2D eigenvalue weighted by molar-refractivity contribution is 0.301. The molecule has 0 rings (SSSR count). The minimum atomic E-state index is 0.662. The van der Waals surface area contributed by atoms with E-state index >= 15 is 0 Å². The molecule has 0 heterocycles. The van der Waals surface area contributed by atoms with Crippen LogP contribution in [-0.2, 0) is 0 Å². The third-order valence-electron chi connectivity index (χ3n) is 2.46. The van der Waals surface area contributed by atoms with E-state index in [9.17, 15) is 0 Å². The van der Waals surface area contributed by atoms with Crippen molar-refractivity contribution in [1.82, 2.24) is 10.2 Å². The molecule has 2 unspecified atom stereocenters. The average Bonchev–Trinajstić information content (AvgIpc) is 2.03. The third-order valence-corrected chi connectivity index (χ3v) is 2.46. The van der Waals surface area contributed by atoms with Crippen LogP contribution in [0, 0.1) is 5.92 Å². The molecule has 0 aromatic rings. The lowest BCUT2D eigenvalue weighted by Gasteiger charge is -2.24. The zero-order valence-corrected chi connectivity index (χ0v) is 9.93. The first-order valence-electron chi connectivity index (χ1n) is 5.48. The Morgan fingerprint density at radius 1 is 1.23 bits per heavy atom. The summed E-state index contributed by atoms with van der Waals surface area (Å²) in [6.07, 6.45) is 2.58. The van der Waals surface area contributed by atoms with Crippen molar-refractivity contribution < 1.29 is 0 Å². The summed E-state index contributed by atoms with van der Waals surface area (Å²) in [7, 11) is 4.28. The molecule has 0 saturated heterocycles. The highest BCUT2D eigenvalue weighted by molar-refractivity contribution is 4.71. The van der Waals surface area contributed by atoms with E-state index in [2.05, 4.69) is 45.1 Å². The number of hydrogen-bond donors (Lipinski definition) is 1. The molecule has 0 aliphatic heterocycles. The van der Waals surface area contributed by atoms with Crippen molar-refractivity contribution in [3.05, 3.63) is 0 Å². The second-order valence-corrected chi connectivity index (χ2v) is 4.27. The molecule has 0 amide bonds. The van der Waals surface area contributed by atoms with Crippen LogP contribution in [0.25, 0.3) is 0 Å². The quantitative estimate of drug-likeness (QED) is 0.654. The number of nitrogens with zero attached hydrogens (tertiary/aromatic N) is 1. The highest BCUT2D eigenvalue weighted by atomic mass is 15.1. The van der Waals surface area contributed by atoms with Crippen LogP contribution in [0.2, 0.25) is 0 Å². The summed E-state index contributed by atoms with van der Waals surface area (Å²) < 4.78 is 0. The van der Waals surface area contributed by atoms with E-state index in [0.717, 1.165) is 19.0 Å². The van der Waals surface area contributed by atoms with Crippen molar-refractivity contribution in [3.63, 3.8) is 0 Å². The van der Waals surface area contributed by atoms with E-state index in [-0.39, 0.29) is 0 Å². The van der Waals surface area contributed by atoms with Gasteiger partial charge in [0, 0.05) is 12.6 Å². The van der Waals surface area contributed by atoms with Gasteiger partial charge in [-0.25, -0.2) is 0 Å². The number of nitrogens with one attached hydrogen (secondary N) is 1. The van der Waals surface area contributed by atoms with Crippen molar-refractivity contribution in [1.29, 1.82) is 0 Å². The van der Waals surface area contributed by atoms with Crippen molar-refractivity contribution in [2.75, 3.05) is 27.2 Å². The summed E-state index contributed by atoms with van der Waals surface area (Å²) >= 11 is 0. The fourth-order valence-electron chi connectivity index (χ4n) is 1.60. The summed E-state index contributed by atoms with van der Waals surface area (Å²) in [5, 5.41) is 3.54. The van der Waals surface area contributed by atoms with Crippen molar-refractivity contribution >= 4 is 0 Å². The minimum Gasteiger partial charge on any atom is -0.313 e. The Kier molecular flexibility index (Phi) is 7.29. The topological polar surface area (TPSA) is 15.3 Å². The fourth-order valence-corrected chi connectivity index (χ4v) is 1.60. The highest BCUT2D eigenvalue weighted by Crippen LogP contribution is 2.10. The molecule has 1 N–H and O–H groups in total. The molecular weight excluding hydrogens is 160 g/mol. The van der Waals surface area contributed by atoms with E-state index < -0.39 is 0 Å². The zero-order valence-electron chi connectivity index (χ0n) is 9.93. The van der Waals surface area contributed by atoms with Gasteiger partial charge < -0.3 is 10.2 Å². The Balaban J connectivity index is 3.78. The first-order valence-corrected chi connectivity index (χ1v) is 5.48. The molecule has 2 atom stereocenters.